The predicted octanol–water partition coefficient (Wildman–Crippen LogP) is 3.80. The standard InChI is InChI=1S/C24H22N2O4S/c27-23-17-19(11-12-22(23)26-14-13-25-31(26,29)30)16-21(15-18-7-3-1-4-8-18)24(28)20-9-5-2-6-10-20/h1-14,17,21,25,27H,15-16H2. The fourth-order valence-electron chi connectivity index (χ4n) is 3.69. The van der Waals surface area contributed by atoms with Gasteiger partial charge in [0.05, 0.1) is 5.69 Å². The highest BCUT2D eigenvalue weighted by atomic mass is 32.2. The molecule has 0 bridgehead atoms. The number of benzene rings is 3. The minimum Gasteiger partial charge on any atom is -0.506 e. The third kappa shape index (κ3) is 4.62. The number of phenolic OH excluding ortho intramolecular Hbond substituents is 1. The fraction of sp³-hybridized carbons (Fsp3) is 0.125. The molecule has 1 atom stereocenters. The predicted molar refractivity (Wildman–Crippen MR) is 120 cm³/mol. The zero-order chi connectivity index (χ0) is 21.8. The van der Waals surface area contributed by atoms with Gasteiger partial charge in [-0.05, 0) is 36.1 Å². The molecule has 3 aromatic rings. The van der Waals surface area contributed by atoms with E-state index in [1.165, 1.54) is 18.5 Å². The number of nitrogens with one attached hydrogen (secondary N) is 1. The molecule has 3 aromatic carbocycles. The summed E-state index contributed by atoms with van der Waals surface area (Å²) in [7, 11) is -3.73. The van der Waals surface area contributed by atoms with Gasteiger partial charge in [-0.1, -0.05) is 66.7 Å². The van der Waals surface area contributed by atoms with Crippen molar-refractivity contribution in [1.29, 1.82) is 0 Å². The molecule has 0 amide bonds. The highest BCUT2D eigenvalue weighted by molar-refractivity contribution is 7.91. The van der Waals surface area contributed by atoms with Gasteiger partial charge in [0.2, 0.25) is 0 Å². The molecule has 7 heteroatoms. The molecule has 0 aromatic heterocycles. The Balaban J connectivity index is 1.61. The van der Waals surface area contributed by atoms with Crippen molar-refractivity contribution in [2.75, 3.05) is 4.31 Å². The van der Waals surface area contributed by atoms with Crippen molar-refractivity contribution < 1.29 is 18.3 Å². The van der Waals surface area contributed by atoms with Gasteiger partial charge < -0.3 is 5.11 Å². The van der Waals surface area contributed by atoms with Crippen LogP contribution in [0.5, 0.6) is 5.75 Å². The zero-order valence-corrected chi connectivity index (χ0v) is 17.5. The van der Waals surface area contributed by atoms with Crippen molar-refractivity contribution in [3.8, 4) is 5.75 Å². The van der Waals surface area contributed by atoms with E-state index < -0.39 is 10.2 Å². The number of nitrogens with zero attached hydrogens (tertiary/aromatic N) is 1. The molecule has 158 valence electrons. The van der Waals surface area contributed by atoms with Gasteiger partial charge in [-0.15, -0.1) is 0 Å². The third-order valence-corrected chi connectivity index (χ3v) is 6.47. The summed E-state index contributed by atoms with van der Waals surface area (Å²) in [6.07, 6.45) is 3.60. The monoisotopic (exact) mass is 434 g/mol. The molecule has 6 nitrogen and oxygen atoms in total. The molecule has 0 spiro atoms. The van der Waals surface area contributed by atoms with Crippen LogP contribution in [-0.4, -0.2) is 19.3 Å². The Morgan fingerprint density at radius 1 is 0.903 bits per heavy atom. The number of ketones is 1. The summed E-state index contributed by atoms with van der Waals surface area (Å²) in [5.41, 5.74) is 2.60. The molecule has 31 heavy (non-hydrogen) atoms. The number of Topliss-reactive ketones (excluding diaryl/α,β-unsaturated/α-hetero) is 1. The number of hydrogen-bond acceptors (Lipinski definition) is 4. The molecule has 4 rings (SSSR count). The molecule has 1 aliphatic heterocycles. The smallest absolute Gasteiger partial charge is 0.327 e. The first-order valence-electron chi connectivity index (χ1n) is 9.87. The molecule has 0 aliphatic carbocycles. The lowest BCUT2D eigenvalue weighted by molar-refractivity contribution is 0.0918. The summed E-state index contributed by atoms with van der Waals surface area (Å²) < 4.78 is 27.3. The van der Waals surface area contributed by atoms with Gasteiger partial charge in [0.1, 0.15) is 5.75 Å². The highest BCUT2D eigenvalue weighted by Crippen LogP contribution is 2.32. The van der Waals surface area contributed by atoms with Crippen molar-refractivity contribution >= 4 is 21.7 Å². The van der Waals surface area contributed by atoms with Crippen molar-refractivity contribution in [1.82, 2.24) is 4.72 Å². The molecule has 0 fully saturated rings. The van der Waals surface area contributed by atoms with E-state index in [2.05, 4.69) is 4.72 Å². The average molecular weight is 435 g/mol. The lowest BCUT2D eigenvalue weighted by Gasteiger charge is -2.19. The first-order chi connectivity index (χ1) is 14.9. The van der Waals surface area contributed by atoms with E-state index >= 15 is 0 Å². The van der Waals surface area contributed by atoms with Crippen LogP contribution < -0.4 is 9.03 Å². The molecule has 1 unspecified atom stereocenters. The molecule has 0 saturated heterocycles. The van der Waals surface area contributed by atoms with Crippen molar-refractivity contribution in [3.63, 3.8) is 0 Å². The molecular weight excluding hydrogens is 412 g/mol. The minimum atomic E-state index is -3.73. The SMILES string of the molecule is O=C(c1ccccc1)C(Cc1ccccc1)Cc1ccc(N2C=CNS2(=O)=O)c(O)c1. The van der Waals surface area contributed by atoms with Gasteiger partial charge >= 0.3 is 10.2 Å². The number of hydrogen-bond donors (Lipinski definition) is 2. The Bertz CT molecular complexity index is 1210. The maximum atomic E-state index is 13.2. The topological polar surface area (TPSA) is 86.7 Å². The van der Waals surface area contributed by atoms with E-state index in [4.69, 9.17) is 0 Å². The van der Waals surface area contributed by atoms with Crippen LogP contribution in [0.2, 0.25) is 0 Å². The number of rotatable bonds is 7. The Labute approximate surface area is 181 Å². The Morgan fingerprint density at radius 2 is 1.55 bits per heavy atom. The molecule has 1 aliphatic rings. The Hall–Kier alpha value is -3.58. The molecule has 0 saturated carbocycles. The van der Waals surface area contributed by atoms with Crippen LogP contribution in [0.1, 0.15) is 21.5 Å². The summed E-state index contributed by atoms with van der Waals surface area (Å²) in [6, 6.07) is 23.8. The fourth-order valence-corrected chi connectivity index (χ4v) is 4.67. The van der Waals surface area contributed by atoms with E-state index in [-0.39, 0.29) is 23.1 Å². The lowest BCUT2D eigenvalue weighted by Crippen LogP contribution is -2.28. The first kappa shape index (κ1) is 20.7. The van der Waals surface area contributed by atoms with Crippen LogP contribution in [0.25, 0.3) is 0 Å². The summed E-state index contributed by atoms with van der Waals surface area (Å²) in [6.45, 7) is 0. The number of aromatic hydroxyl groups is 1. The van der Waals surface area contributed by atoms with Crippen LogP contribution in [-0.2, 0) is 23.1 Å². The van der Waals surface area contributed by atoms with Crippen molar-refractivity contribution in [2.24, 2.45) is 5.92 Å². The maximum absolute atomic E-state index is 13.2. The molecule has 2 N–H and O–H groups in total. The highest BCUT2D eigenvalue weighted by Gasteiger charge is 2.27. The van der Waals surface area contributed by atoms with Crippen LogP contribution in [0.3, 0.4) is 0 Å². The van der Waals surface area contributed by atoms with Crippen LogP contribution >= 0.6 is 0 Å². The minimum absolute atomic E-state index is 0.0299. The van der Waals surface area contributed by atoms with E-state index in [1.807, 2.05) is 48.5 Å². The van der Waals surface area contributed by atoms with Crippen molar-refractivity contribution in [3.05, 3.63) is 108 Å². The summed E-state index contributed by atoms with van der Waals surface area (Å²) >= 11 is 0. The second kappa shape index (κ2) is 8.65. The van der Waals surface area contributed by atoms with E-state index in [9.17, 15) is 18.3 Å². The number of carbonyl (C=O) groups excluding carboxylic acids is 1. The van der Waals surface area contributed by atoms with Gasteiger partial charge in [0.15, 0.2) is 5.78 Å². The first-order valence-corrected chi connectivity index (χ1v) is 11.3. The van der Waals surface area contributed by atoms with E-state index in [1.54, 1.807) is 24.3 Å². The number of anilines is 1. The van der Waals surface area contributed by atoms with Gasteiger partial charge in [-0.3, -0.25) is 9.52 Å². The van der Waals surface area contributed by atoms with Crippen LogP contribution in [0.15, 0.2) is 91.3 Å². The largest absolute Gasteiger partial charge is 0.506 e. The summed E-state index contributed by atoms with van der Waals surface area (Å²) in [4.78, 5) is 13.2. The van der Waals surface area contributed by atoms with Crippen LogP contribution in [0, 0.1) is 5.92 Å². The van der Waals surface area contributed by atoms with E-state index in [0.29, 0.717) is 18.4 Å². The second-order valence-corrected chi connectivity index (χ2v) is 8.96. The van der Waals surface area contributed by atoms with Gasteiger partial charge in [-0.2, -0.15) is 8.42 Å². The van der Waals surface area contributed by atoms with Crippen LogP contribution in [0.4, 0.5) is 5.69 Å². The van der Waals surface area contributed by atoms with Gasteiger partial charge in [0.25, 0.3) is 0 Å². The molecule has 1 heterocycles. The third-order valence-electron chi connectivity index (χ3n) is 5.20. The Kier molecular flexibility index (Phi) is 5.77. The van der Waals surface area contributed by atoms with Gasteiger partial charge in [-0.25, -0.2) is 4.31 Å². The molecule has 0 radical (unpaired) electrons. The quantitative estimate of drug-likeness (QED) is 0.554. The average Bonchev–Trinajstić information content (AvgIpc) is 3.13. The lowest BCUT2D eigenvalue weighted by atomic mass is 9.86. The van der Waals surface area contributed by atoms with Gasteiger partial charge in [0, 0.05) is 23.9 Å². The zero-order valence-electron chi connectivity index (χ0n) is 16.7. The normalized spacial score (nSPS) is 15.4. The Morgan fingerprint density at radius 3 is 2.16 bits per heavy atom. The number of phenols is 1. The maximum Gasteiger partial charge on any atom is 0.327 e. The second-order valence-electron chi connectivity index (χ2n) is 7.38. The summed E-state index contributed by atoms with van der Waals surface area (Å²) in [5, 5.41) is 10.5. The van der Waals surface area contributed by atoms with Crippen molar-refractivity contribution in [2.45, 2.75) is 12.8 Å². The number of carbonyl (C=O) groups is 1. The summed E-state index contributed by atoms with van der Waals surface area (Å²) in [5.74, 6) is -0.463. The van der Waals surface area contributed by atoms with E-state index in [0.717, 1.165) is 15.4 Å². The molecular formula is C24H22N2O4S.